The number of aromatic hydroxyl groups is 2. The summed E-state index contributed by atoms with van der Waals surface area (Å²) in [4.78, 5) is 91.7. The number of carbonyl (C=O) groups excluding carboxylic acids is 5. The van der Waals surface area contributed by atoms with Gasteiger partial charge in [-0.2, -0.15) is 0 Å². The molecule has 57 heavy (non-hydrogen) atoms. The van der Waals surface area contributed by atoms with Crippen LogP contribution in [-0.4, -0.2) is 98.2 Å². The van der Waals surface area contributed by atoms with E-state index in [2.05, 4.69) is 26.6 Å². The minimum absolute atomic E-state index is 0.0247. The summed E-state index contributed by atoms with van der Waals surface area (Å²) in [5, 5.41) is 51.5. The second-order valence-corrected chi connectivity index (χ2v) is 15.4. The van der Waals surface area contributed by atoms with Gasteiger partial charge in [0.1, 0.15) is 41.7 Å². The molecule has 17 heteroatoms. The summed E-state index contributed by atoms with van der Waals surface area (Å²) in [5.41, 5.74) is 7.03. The molecule has 0 aliphatic carbocycles. The second kappa shape index (κ2) is 22.7. The molecule has 0 aromatic heterocycles. The lowest BCUT2D eigenvalue weighted by Gasteiger charge is -2.28. The molecule has 2 rings (SSSR count). The molecule has 5 amide bonds. The normalized spacial score (nSPS) is 14.4. The van der Waals surface area contributed by atoms with Gasteiger partial charge in [0.05, 0.1) is 6.04 Å². The molecule has 0 saturated carbocycles. The van der Waals surface area contributed by atoms with E-state index in [1.165, 1.54) is 48.5 Å². The van der Waals surface area contributed by atoms with E-state index in [1.54, 1.807) is 13.8 Å². The van der Waals surface area contributed by atoms with Gasteiger partial charge >= 0.3 is 11.9 Å². The fourth-order valence-electron chi connectivity index (χ4n) is 5.87. The van der Waals surface area contributed by atoms with Crippen molar-refractivity contribution in [2.75, 3.05) is 0 Å². The topological polar surface area (TPSA) is 287 Å². The molecule has 17 nitrogen and oxygen atoms in total. The highest BCUT2D eigenvalue weighted by Crippen LogP contribution is 2.15. The van der Waals surface area contributed by atoms with Gasteiger partial charge in [0.15, 0.2) is 0 Å². The molecule has 314 valence electrons. The summed E-state index contributed by atoms with van der Waals surface area (Å²) >= 11 is 0. The lowest BCUT2D eigenvalue weighted by molar-refractivity contribution is -0.142. The first-order valence-corrected chi connectivity index (χ1v) is 18.9. The van der Waals surface area contributed by atoms with E-state index in [9.17, 15) is 54.0 Å². The van der Waals surface area contributed by atoms with Crippen molar-refractivity contribution in [2.24, 2.45) is 23.5 Å². The van der Waals surface area contributed by atoms with E-state index in [4.69, 9.17) is 5.73 Å². The maximum atomic E-state index is 14.0. The van der Waals surface area contributed by atoms with Gasteiger partial charge in [0.2, 0.25) is 29.5 Å². The Morgan fingerprint density at radius 1 is 0.544 bits per heavy atom. The highest BCUT2D eigenvalue weighted by molar-refractivity contribution is 5.96. The van der Waals surface area contributed by atoms with Crippen molar-refractivity contribution < 1.29 is 54.0 Å². The first kappa shape index (κ1) is 47.4. The molecule has 0 spiro atoms. The van der Waals surface area contributed by atoms with E-state index in [1.807, 2.05) is 27.7 Å². The van der Waals surface area contributed by atoms with E-state index in [0.29, 0.717) is 17.5 Å². The third kappa shape index (κ3) is 16.9. The predicted octanol–water partition coefficient (Wildman–Crippen LogP) is 1.33. The quantitative estimate of drug-likeness (QED) is 0.0762. The standard InChI is InChI=1S/C40H58N6O11/c1-21(2)17-28(41)35(51)43-30(18-22(3)4)37(53)42-29(15-16-33(49)50)36(52)44-31(19-24-7-11-26(47)12-8-24)38(54)46-34(23(5)6)39(55)45-32(40(56)57)20-25-9-13-27(48)14-10-25/h7-14,21-23,28-32,34,47-48H,15-20,41H2,1-6H3,(H,42,53)(H,43,51)(H,44,52)(H,45,55)(H,46,54)(H,49,50)(H,56,57)/t28-,29-,30-,31-,32-,34-/m0/s1. The fourth-order valence-corrected chi connectivity index (χ4v) is 5.87. The molecule has 2 aromatic carbocycles. The number of phenolic OH excluding ortho intramolecular Hbond substituents is 2. The molecule has 6 atom stereocenters. The van der Waals surface area contributed by atoms with Crippen LogP contribution in [0.2, 0.25) is 0 Å². The molecule has 2 aromatic rings. The van der Waals surface area contributed by atoms with Crippen molar-refractivity contribution in [1.82, 2.24) is 26.6 Å². The van der Waals surface area contributed by atoms with Gasteiger partial charge in [-0.1, -0.05) is 65.8 Å². The van der Waals surface area contributed by atoms with Crippen molar-refractivity contribution in [1.29, 1.82) is 0 Å². The first-order chi connectivity index (χ1) is 26.7. The van der Waals surface area contributed by atoms with Gasteiger partial charge in [-0.3, -0.25) is 28.8 Å². The van der Waals surface area contributed by atoms with Crippen LogP contribution >= 0.6 is 0 Å². The van der Waals surface area contributed by atoms with Gasteiger partial charge in [0.25, 0.3) is 0 Å². The van der Waals surface area contributed by atoms with Crippen molar-refractivity contribution >= 4 is 41.5 Å². The summed E-state index contributed by atoms with van der Waals surface area (Å²) in [6.45, 7) is 10.7. The average molecular weight is 799 g/mol. The Balaban J connectivity index is 2.39. The number of nitrogens with one attached hydrogen (secondary N) is 5. The minimum Gasteiger partial charge on any atom is -0.508 e. The lowest BCUT2D eigenvalue weighted by atomic mass is 9.99. The smallest absolute Gasteiger partial charge is 0.326 e. The van der Waals surface area contributed by atoms with Crippen LogP contribution in [0.3, 0.4) is 0 Å². The summed E-state index contributed by atoms with van der Waals surface area (Å²) in [6, 6.07) is 3.87. The Kier molecular flexibility index (Phi) is 18.9. The summed E-state index contributed by atoms with van der Waals surface area (Å²) in [6.07, 6.45) is -0.711. The van der Waals surface area contributed by atoms with Crippen LogP contribution in [0.5, 0.6) is 11.5 Å². The molecule has 0 bridgehead atoms. The zero-order valence-electron chi connectivity index (χ0n) is 33.3. The van der Waals surface area contributed by atoms with Crippen molar-refractivity contribution in [3.63, 3.8) is 0 Å². The fraction of sp³-hybridized carbons (Fsp3) is 0.525. The highest BCUT2D eigenvalue weighted by atomic mass is 16.4. The van der Waals surface area contributed by atoms with Crippen molar-refractivity contribution in [2.45, 2.75) is 116 Å². The monoisotopic (exact) mass is 798 g/mol. The predicted molar refractivity (Wildman–Crippen MR) is 210 cm³/mol. The molecule has 0 unspecified atom stereocenters. The van der Waals surface area contributed by atoms with Gasteiger partial charge in [-0.25, -0.2) is 4.79 Å². The largest absolute Gasteiger partial charge is 0.508 e. The molecular weight excluding hydrogens is 740 g/mol. The van der Waals surface area contributed by atoms with Crippen LogP contribution in [0.25, 0.3) is 0 Å². The number of rotatable bonds is 23. The Morgan fingerprint density at radius 3 is 1.42 bits per heavy atom. The van der Waals surface area contributed by atoms with Crippen LogP contribution < -0.4 is 32.3 Å². The SMILES string of the molecule is CC(C)C[C@H](NC(=O)[C@@H](N)CC(C)C)C(=O)N[C@@H](CCC(=O)O)C(=O)N[C@@H](Cc1ccc(O)cc1)C(=O)N[C@H](C(=O)N[C@@H](Cc1ccc(O)cc1)C(=O)O)C(C)C. The third-order valence-electron chi connectivity index (χ3n) is 8.93. The number of aliphatic carboxylic acids is 2. The van der Waals surface area contributed by atoms with Crippen molar-refractivity contribution in [3.05, 3.63) is 59.7 Å². The number of carboxylic acids is 2. The van der Waals surface area contributed by atoms with E-state index >= 15 is 0 Å². The maximum Gasteiger partial charge on any atom is 0.326 e. The number of carboxylic acid groups (broad SMARTS) is 2. The van der Waals surface area contributed by atoms with E-state index in [-0.39, 0.29) is 49.0 Å². The number of phenols is 2. The molecule has 0 fully saturated rings. The van der Waals surface area contributed by atoms with Crippen LogP contribution in [0.15, 0.2) is 48.5 Å². The van der Waals surface area contributed by atoms with E-state index in [0.717, 1.165) is 0 Å². The molecule has 0 saturated heterocycles. The van der Waals surface area contributed by atoms with Crippen molar-refractivity contribution in [3.8, 4) is 11.5 Å². The number of amides is 5. The van der Waals surface area contributed by atoms with E-state index < -0.39 is 90.1 Å². The summed E-state index contributed by atoms with van der Waals surface area (Å²) in [5.74, 6) is -7.20. The Morgan fingerprint density at radius 2 is 0.965 bits per heavy atom. The maximum absolute atomic E-state index is 14.0. The molecule has 0 aliphatic rings. The zero-order chi connectivity index (χ0) is 43.0. The van der Waals surface area contributed by atoms with Gasteiger partial charge in [0, 0.05) is 19.3 Å². The average Bonchev–Trinajstić information content (AvgIpc) is 3.12. The minimum atomic E-state index is -1.49. The van der Waals surface area contributed by atoms with Gasteiger partial charge in [-0.15, -0.1) is 0 Å². The van der Waals surface area contributed by atoms with Gasteiger partial charge in [-0.05, 0) is 72.4 Å². The molecule has 0 heterocycles. The number of carbonyl (C=O) groups is 7. The number of benzene rings is 2. The molecule has 11 N–H and O–H groups in total. The van der Waals surface area contributed by atoms with Crippen LogP contribution in [0, 0.1) is 17.8 Å². The summed E-state index contributed by atoms with van der Waals surface area (Å²) < 4.78 is 0. The Labute approximate surface area is 332 Å². The Hall–Kier alpha value is -5.71. The first-order valence-electron chi connectivity index (χ1n) is 18.9. The van der Waals surface area contributed by atoms with Crippen LogP contribution in [0.4, 0.5) is 0 Å². The number of hydrogen-bond donors (Lipinski definition) is 10. The van der Waals surface area contributed by atoms with Crippen LogP contribution in [-0.2, 0) is 46.4 Å². The zero-order valence-corrected chi connectivity index (χ0v) is 33.3. The van der Waals surface area contributed by atoms with Crippen LogP contribution in [0.1, 0.15) is 78.4 Å². The molecule has 0 radical (unpaired) electrons. The second-order valence-electron chi connectivity index (χ2n) is 15.4. The molecular formula is C40H58N6O11. The number of hydrogen-bond acceptors (Lipinski definition) is 10. The highest BCUT2D eigenvalue weighted by Gasteiger charge is 2.34. The third-order valence-corrected chi connectivity index (χ3v) is 8.93. The Bertz CT molecular complexity index is 1680. The van der Waals surface area contributed by atoms with Gasteiger partial charge < -0.3 is 52.7 Å². The lowest BCUT2D eigenvalue weighted by Crippen LogP contribution is -2.60. The summed E-state index contributed by atoms with van der Waals surface area (Å²) in [7, 11) is 0. The number of nitrogens with two attached hydrogens (primary N) is 1. The molecule has 0 aliphatic heterocycles.